The average molecular weight is 319 g/mol. The van der Waals surface area contributed by atoms with Crippen molar-refractivity contribution in [2.24, 2.45) is 4.99 Å². The van der Waals surface area contributed by atoms with Gasteiger partial charge in [-0.3, -0.25) is 4.99 Å². The predicted molar refractivity (Wildman–Crippen MR) is 94.3 cm³/mol. The third-order valence-corrected chi connectivity index (χ3v) is 4.07. The van der Waals surface area contributed by atoms with E-state index in [0.29, 0.717) is 6.61 Å². The van der Waals surface area contributed by atoms with Gasteiger partial charge in [-0.1, -0.05) is 12.1 Å². The molecule has 2 rings (SSSR count). The van der Waals surface area contributed by atoms with Gasteiger partial charge >= 0.3 is 0 Å². The first-order chi connectivity index (χ1) is 11.1. The van der Waals surface area contributed by atoms with Crippen molar-refractivity contribution >= 4 is 5.96 Å². The number of nitrogens with one attached hydrogen (secondary N) is 2. The Kier molecular flexibility index (Phi) is 6.71. The summed E-state index contributed by atoms with van der Waals surface area (Å²) in [6.45, 7) is 7.32. The Hall–Kier alpha value is -1.75. The number of nitrogens with zero attached hydrogens (tertiary/aromatic N) is 1. The second-order valence-corrected chi connectivity index (χ2v) is 6.08. The van der Waals surface area contributed by atoms with Gasteiger partial charge in [0.25, 0.3) is 0 Å². The van der Waals surface area contributed by atoms with E-state index in [4.69, 9.17) is 9.47 Å². The second kappa shape index (κ2) is 8.77. The van der Waals surface area contributed by atoms with Crippen LogP contribution in [0.3, 0.4) is 0 Å². The first-order valence-corrected chi connectivity index (χ1v) is 8.45. The summed E-state index contributed by atoms with van der Waals surface area (Å²) < 4.78 is 11.3. The van der Waals surface area contributed by atoms with Gasteiger partial charge in [0.05, 0.1) is 12.2 Å². The van der Waals surface area contributed by atoms with Gasteiger partial charge in [0, 0.05) is 26.7 Å². The molecule has 23 heavy (non-hydrogen) atoms. The van der Waals surface area contributed by atoms with E-state index in [0.717, 1.165) is 50.7 Å². The molecule has 1 aliphatic heterocycles. The van der Waals surface area contributed by atoms with Crippen molar-refractivity contribution in [1.29, 1.82) is 0 Å². The van der Waals surface area contributed by atoms with Crippen LogP contribution in [0.5, 0.6) is 5.75 Å². The molecule has 1 atom stereocenters. The molecule has 1 heterocycles. The zero-order chi connectivity index (χ0) is 16.5. The second-order valence-electron chi connectivity index (χ2n) is 6.08. The molecule has 1 aliphatic rings. The fourth-order valence-electron chi connectivity index (χ4n) is 2.75. The summed E-state index contributed by atoms with van der Waals surface area (Å²) in [4.78, 5) is 4.27. The van der Waals surface area contributed by atoms with Gasteiger partial charge in [0.15, 0.2) is 5.96 Å². The Balaban J connectivity index is 1.74. The molecule has 0 amide bonds. The van der Waals surface area contributed by atoms with Crippen LogP contribution in [0.2, 0.25) is 0 Å². The SMILES string of the molecule is CCOc1cccc(CCNC(=NC)NCC2(C)CCCO2)c1. The van der Waals surface area contributed by atoms with Crippen molar-refractivity contribution in [3.05, 3.63) is 29.8 Å². The summed E-state index contributed by atoms with van der Waals surface area (Å²) in [5.41, 5.74) is 1.19. The highest BCUT2D eigenvalue weighted by molar-refractivity contribution is 5.79. The highest BCUT2D eigenvalue weighted by Gasteiger charge is 2.29. The molecule has 0 radical (unpaired) electrons. The van der Waals surface area contributed by atoms with Gasteiger partial charge in [-0.05, 0) is 50.8 Å². The summed E-state index contributed by atoms with van der Waals surface area (Å²) >= 11 is 0. The minimum atomic E-state index is -0.0660. The summed E-state index contributed by atoms with van der Waals surface area (Å²) in [7, 11) is 1.79. The number of aliphatic imine (C=N–C) groups is 1. The van der Waals surface area contributed by atoms with Crippen LogP contribution < -0.4 is 15.4 Å². The lowest BCUT2D eigenvalue weighted by molar-refractivity contribution is 0.0243. The van der Waals surface area contributed by atoms with Gasteiger partial charge in [0.1, 0.15) is 5.75 Å². The van der Waals surface area contributed by atoms with Crippen molar-refractivity contribution in [1.82, 2.24) is 10.6 Å². The Morgan fingerprint density at radius 3 is 2.96 bits per heavy atom. The monoisotopic (exact) mass is 319 g/mol. The first-order valence-electron chi connectivity index (χ1n) is 8.45. The van der Waals surface area contributed by atoms with Crippen LogP contribution in [-0.2, 0) is 11.2 Å². The van der Waals surface area contributed by atoms with Gasteiger partial charge in [-0.2, -0.15) is 0 Å². The Bertz CT molecular complexity index is 511. The van der Waals surface area contributed by atoms with E-state index >= 15 is 0 Å². The fraction of sp³-hybridized carbons (Fsp3) is 0.611. The minimum absolute atomic E-state index is 0.0660. The molecule has 1 aromatic rings. The molecule has 1 aromatic carbocycles. The fourth-order valence-corrected chi connectivity index (χ4v) is 2.75. The zero-order valence-corrected chi connectivity index (χ0v) is 14.5. The molecule has 1 unspecified atom stereocenters. The molecular weight excluding hydrogens is 290 g/mol. The minimum Gasteiger partial charge on any atom is -0.494 e. The van der Waals surface area contributed by atoms with Crippen LogP contribution in [0, 0.1) is 0 Å². The molecule has 2 N–H and O–H groups in total. The topological polar surface area (TPSA) is 54.9 Å². The summed E-state index contributed by atoms with van der Waals surface area (Å²) in [6.07, 6.45) is 3.16. The third kappa shape index (κ3) is 5.75. The van der Waals surface area contributed by atoms with E-state index in [1.807, 2.05) is 19.1 Å². The quantitative estimate of drug-likeness (QED) is 0.598. The number of rotatable bonds is 7. The van der Waals surface area contributed by atoms with Crippen LogP contribution in [0.1, 0.15) is 32.3 Å². The Labute approximate surface area is 139 Å². The predicted octanol–water partition coefficient (Wildman–Crippen LogP) is 2.36. The zero-order valence-electron chi connectivity index (χ0n) is 14.5. The maximum absolute atomic E-state index is 5.79. The number of ether oxygens (including phenoxy) is 2. The summed E-state index contributed by atoms with van der Waals surface area (Å²) in [5.74, 6) is 1.75. The number of hydrogen-bond acceptors (Lipinski definition) is 3. The molecule has 1 fully saturated rings. The van der Waals surface area contributed by atoms with Crippen molar-refractivity contribution in [3.63, 3.8) is 0 Å². The molecule has 128 valence electrons. The molecule has 5 heteroatoms. The van der Waals surface area contributed by atoms with Gasteiger partial charge in [-0.15, -0.1) is 0 Å². The van der Waals surface area contributed by atoms with Crippen molar-refractivity contribution in [3.8, 4) is 5.75 Å². The highest BCUT2D eigenvalue weighted by atomic mass is 16.5. The maximum atomic E-state index is 5.79. The molecule has 0 aromatic heterocycles. The van der Waals surface area contributed by atoms with Crippen LogP contribution >= 0.6 is 0 Å². The molecule has 1 saturated heterocycles. The lowest BCUT2D eigenvalue weighted by Gasteiger charge is -2.24. The highest BCUT2D eigenvalue weighted by Crippen LogP contribution is 2.23. The molecule has 5 nitrogen and oxygen atoms in total. The number of hydrogen-bond donors (Lipinski definition) is 2. The van der Waals surface area contributed by atoms with E-state index in [1.165, 1.54) is 5.56 Å². The maximum Gasteiger partial charge on any atom is 0.191 e. The Morgan fingerprint density at radius 2 is 2.26 bits per heavy atom. The van der Waals surface area contributed by atoms with Crippen LogP contribution in [0.15, 0.2) is 29.3 Å². The summed E-state index contributed by atoms with van der Waals surface area (Å²) in [6, 6.07) is 8.23. The van der Waals surface area contributed by atoms with E-state index in [1.54, 1.807) is 7.05 Å². The molecule has 0 bridgehead atoms. The summed E-state index contributed by atoms with van der Waals surface area (Å²) in [5, 5.41) is 6.71. The van der Waals surface area contributed by atoms with Crippen molar-refractivity contribution in [2.45, 2.75) is 38.7 Å². The van der Waals surface area contributed by atoms with E-state index < -0.39 is 0 Å². The lowest BCUT2D eigenvalue weighted by Crippen LogP contribution is -2.45. The van der Waals surface area contributed by atoms with E-state index in [-0.39, 0.29) is 5.60 Å². The van der Waals surface area contributed by atoms with Gasteiger partial charge in [0.2, 0.25) is 0 Å². The largest absolute Gasteiger partial charge is 0.494 e. The average Bonchev–Trinajstić information content (AvgIpc) is 2.98. The van der Waals surface area contributed by atoms with Crippen LogP contribution in [0.4, 0.5) is 0 Å². The van der Waals surface area contributed by atoms with Gasteiger partial charge in [-0.25, -0.2) is 0 Å². The lowest BCUT2D eigenvalue weighted by atomic mass is 10.0. The standard InChI is InChI=1S/C18H29N3O2/c1-4-22-16-8-5-7-15(13-16)9-11-20-17(19-3)21-14-18(2)10-6-12-23-18/h5,7-8,13H,4,6,9-12,14H2,1-3H3,(H2,19,20,21). The smallest absolute Gasteiger partial charge is 0.191 e. The molecule has 0 aliphatic carbocycles. The normalized spacial score (nSPS) is 21.3. The van der Waals surface area contributed by atoms with E-state index in [9.17, 15) is 0 Å². The van der Waals surface area contributed by atoms with Crippen LogP contribution in [-0.4, -0.2) is 44.9 Å². The van der Waals surface area contributed by atoms with Crippen LogP contribution in [0.25, 0.3) is 0 Å². The Morgan fingerprint density at radius 1 is 1.39 bits per heavy atom. The van der Waals surface area contributed by atoms with Gasteiger partial charge < -0.3 is 20.1 Å². The first kappa shape index (κ1) is 17.6. The van der Waals surface area contributed by atoms with Crippen molar-refractivity contribution in [2.75, 3.05) is 33.4 Å². The van der Waals surface area contributed by atoms with Crippen molar-refractivity contribution < 1.29 is 9.47 Å². The number of guanidine groups is 1. The molecular formula is C18H29N3O2. The number of benzene rings is 1. The molecule has 0 saturated carbocycles. The third-order valence-electron chi connectivity index (χ3n) is 4.07. The molecule has 0 spiro atoms. The van der Waals surface area contributed by atoms with E-state index in [2.05, 4.69) is 34.7 Å².